The van der Waals surface area contributed by atoms with Crippen molar-refractivity contribution in [2.24, 2.45) is 11.1 Å². The zero-order valence-electron chi connectivity index (χ0n) is 12.2. The molecule has 110 valence electrons. The van der Waals surface area contributed by atoms with E-state index in [4.69, 9.17) is 22.1 Å². The smallest absolute Gasteiger partial charge is 0.122 e. The summed E-state index contributed by atoms with van der Waals surface area (Å²) >= 11 is 6.15. The van der Waals surface area contributed by atoms with E-state index >= 15 is 0 Å². The van der Waals surface area contributed by atoms with Gasteiger partial charge in [-0.3, -0.25) is 0 Å². The van der Waals surface area contributed by atoms with Crippen LogP contribution in [0.5, 0.6) is 5.75 Å². The zero-order chi connectivity index (χ0) is 14.9. The number of benzene rings is 2. The van der Waals surface area contributed by atoms with Gasteiger partial charge >= 0.3 is 0 Å². The van der Waals surface area contributed by atoms with Gasteiger partial charge < -0.3 is 10.5 Å². The van der Waals surface area contributed by atoms with Gasteiger partial charge in [-0.2, -0.15) is 0 Å². The maximum Gasteiger partial charge on any atom is 0.122 e. The van der Waals surface area contributed by atoms with E-state index < -0.39 is 0 Å². The third kappa shape index (κ3) is 2.78. The van der Waals surface area contributed by atoms with Crippen molar-refractivity contribution >= 4 is 11.6 Å². The molecule has 2 aromatic carbocycles. The molecule has 0 radical (unpaired) electrons. The molecule has 0 bridgehead atoms. The molecule has 0 amide bonds. The second-order valence-corrected chi connectivity index (χ2v) is 6.40. The summed E-state index contributed by atoms with van der Waals surface area (Å²) in [5.74, 6) is 0.892. The highest BCUT2D eigenvalue weighted by Gasteiger charge is 2.36. The number of ether oxygens (including phenoxy) is 1. The lowest BCUT2D eigenvalue weighted by atomic mass is 9.78. The molecular formula is C18H20ClNO. The normalized spacial score (nSPS) is 15.8. The topological polar surface area (TPSA) is 35.2 Å². The molecule has 0 spiro atoms. The summed E-state index contributed by atoms with van der Waals surface area (Å²) < 4.78 is 5.48. The first-order valence-electron chi connectivity index (χ1n) is 7.25. The number of nitrogens with two attached hydrogens (primary N) is 1. The van der Waals surface area contributed by atoms with Crippen LogP contribution in [-0.4, -0.2) is 13.7 Å². The summed E-state index contributed by atoms with van der Waals surface area (Å²) in [6, 6.07) is 14.4. The first-order valence-corrected chi connectivity index (χ1v) is 7.63. The average Bonchev–Trinajstić information content (AvgIpc) is 2.86. The third-order valence-electron chi connectivity index (χ3n) is 4.49. The maximum absolute atomic E-state index is 6.15. The van der Waals surface area contributed by atoms with Gasteiger partial charge in [-0.15, -0.1) is 0 Å². The Morgan fingerprint density at radius 2 is 1.81 bits per heavy atom. The standard InChI is InChI=1S/C18H20ClNO/c1-21-17-7-6-16(19)8-15(17)11-18(12-20)9-13-4-2-3-5-14(13)10-18/h2-8H,9-12,20H2,1H3. The van der Waals surface area contributed by atoms with Gasteiger partial charge in [0.05, 0.1) is 7.11 Å². The highest BCUT2D eigenvalue weighted by molar-refractivity contribution is 6.30. The summed E-state index contributed by atoms with van der Waals surface area (Å²) in [6.45, 7) is 0.664. The van der Waals surface area contributed by atoms with E-state index in [0.717, 1.165) is 35.6 Å². The predicted octanol–water partition coefficient (Wildman–Crippen LogP) is 3.64. The van der Waals surface area contributed by atoms with Gasteiger partial charge in [0.1, 0.15) is 5.75 Å². The number of fused-ring (bicyclic) bond motifs is 1. The van der Waals surface area contributed by atoms with Crippen molar-refractivity contribution in [1.82, 2.24) is 0 Å². The Hall–Kier alpha value is -1.51. The molecule has 0 atom stereocenters. The summed E-state index contributed by atoms with van der Waals surface area (Å²) in [7, 11) is 1.70. The first kappa shape index (κ1) is 14.4. The SMILES string of the molecule is COc1ccc(Cl)cc1CC1(CN)Cc2ccccc2C1. The van der Waals surface area contributed by atoms with Crippen molar-refractivity contribution in [3.8, 4) is 5.75 Å². The Morgan fingerprint density at radius 3 is 2.38 bits per heavy atom. The fourth-order valence-electron chi connectivity index (χ4n) is 3.40. The Morgan fingerprint density at radius 1 is 1.14 bits per heavy atom. The van der Waals surface area contributed by atoms with Crippen molar-refractivity contribution in [3.63, 3.8) is 0 Å². The van der Waals surface area contributed by atoms with Crippen LogP contribution in [0.2, 0.25) is 5.02 Å². The van der Waals surface area contributed by atoms with Crippen LogP contribution in [0.15, 0.2) is 42.5 Å². The number of methoxy groups -OCH3 is 1. The van der Waals surface area contributed by atoms with Crippen LogP contribution in [0.1, 0.15) is 16.7 Å². The molecule has 0 aliphatic heterocycles. The second-order valence-electron chi connectivity index (χ2n) is 5.96. The quantitative estimate of drug-likeness (QED) is 0.936. The van der Waals surface area contributed by atoms with Crippen molar-refractivity contribution in [3.05, 3.63) is 64.2 Å². The summed E-state index contributed by atoms with van der Waals surface area (Å²) in [4.78, 5) is 0. The molecule has 0 unspecified atom stereocenters. The number of rotatable bonds is 4. The van der Waals surface area contributed by atoms with Crippen LogP contribution in [0.25, 0.3) is 0 Å². The third-order valence-corrected chi connectivity index (χ3v) is 4.73. The Kier molecular flexibility index (Phi) is 3.92. The van der Waals surface area contributed by atoms with Crippen molar-refractivity contribution in [2.75, 3.05) is 13.7 Å². The van der Waals surface area contributed by atoms with E-state index in [0.29, 0.717) is 6.54 Å². The van der Waals surface area contributed by atoms with E-state index in [-0.39, 0.29) is 5.41 Å². The van der Waals surface area contributed by atoms with Gasteiger partial charge in [-0.1, -0.05) is 35.9 Å². The van der Waals surface area contributed by atoms with E-state index in [1.807, 2.05) is 18.2 Å². The molecule has 0 saturated heterocycles. The van der Waals surface area contributed by atoms with Crippen LogP contribution in [0.4, 0.5) is 0 Å². The van der Waals surface area contributed by atoms with Gasteiger partial charge in [0.25, 0.3) is 0 Å². The fourth-order valence-corrected chi connectivity index (χ4v) is 3.60. The Balaban J connectivity index is 1.92. The molecule has 1 aliphatic rings. The minimum Gasteiger partial charge on any atom is -0.496 e. The number of hydrogen-bond acceptors (Lipinski definition) is 2. The largest absolute Gasteiger partial charge is 0.496 e. The molecule has 2 aromatic rings. The molecule has 2 nitrogen and oxygen atoms in total. The Bertz CT molecular complexity index is 628. The number of hydrogen-bond donors (Lipinski definition) is 1. The summed E-state index contributed by atoms with van der Waals surface area (Å²) in [5.41, 5.74) is 10.2. The average molecular weight is 302 g/mol. The van der Waals surface area contributed by atoms with Gasteiger partial charge in [0.15, 0.2) is 0 Å². The van der Waals surface area contributed by atoms with Gasteiger partial charge in [-0.25, -0.2) is 0 Å². The van der Waals surface area contributed by atoms with Crippen LogP contribution < -0.4 is 10.5 Å². The van der Waals surface area contributed by atoms with Crippen molar-refractivity contribution < 1.29 is 4.74 Å². The van der Waals surface area contributed by atoms with Crippen LogP contribution >= 0.6 is 11.6 Å². The molecule has 3 heteroatoms. The molecule has 0 aromatic heterocycles. The molecule has 0 heterocycles. The van der Waals surface area contributed by atoms with E-state index in [9.17, 15) is 0 Å². The lowest BCUT2D eigenvalue weighted by molar-refractivity contribution is 0.307. The molecule has 1 aliphatic carbocycles. The van der Waals surface area contributed by atoms with E-state index in [1.54, 1.807) is 7.11 Å². The lowest BCUT2D eigenvalue weighted by Crippen LogP contribution is -2.33. The van der Waals surface area contributed by atoms with Crippen molar-refractivity contribution in [1.29, 1.82) is 0 Å². The molecule has 3 rings (SSSR count). The van der Waals surface area contributed by atoms with Gasteiger partial charge in [0, 0.05) is 5.02 Å². The number of halogens is 1. The van der Waals surface area contributed by atoms with Crippen molar-refractivity contribution in [2.45, 2.75) is 19.3 Å². The van der Waals surface area contributed by atoms with Crippen LogP contribution in [0, 0.1) is 5.41 Å². The molecule has 21 heavy (non-hydrogen) atoms. The zero-order valence-corrected chi connectivity index (χ0v) is 13.0. The predicted molar refractivity (Wildman–Crippen MR) is 87.0 cm³/mol. The van der Waals surface area contributed by atoms with E-state index in [2.05, 4.69) is 24.3 Å². The van der Waals surface area contributed by atoms with Gasteiger partial charge in [0.2, 0.25) is 0 Å². The monoisotopic (exact) mass is 301 g/mol. The maximum atomic E-state index is 6.15. The molecule has 2 N–H and O–H groups in total. The van der Waals surface area contributed by atoms with Crippen LogP contribution in [0.3, 0.4) is 0 Å². The van der Waals surface area contributed by atoms with Crippen LogP contribution in [-0.2, 0) is 19.3 Å². The highest BCUT2D eigenvalue weighted by Crippen LogP contribution is 2.40. The lowest BCUT2D eigenvalue weighted by Gasteiger charge is -2.28. The molecule has 0 saturated carbocycles. The minimum atomic E-state index is 0.0711. The highest BCUT2D eigenvalue weighted by atomic mass is 35.5. The summed E-state index contributed by atoms with van der Waals surface area (Å²) in [5, 5.41) is 0.744. The molecule has 0 fully saturated rings. The molecular weight excluding hydrogens is 282 g/mol. The first-order chi connectivity index (χ1) is 10.2. The Labute approximate surface area is 130 Å². The van der Waals surface area contributed by atoms with Gasteiger partial charge in [-0.05, 0) is 66.1 Å². The van der Waals surface area contributed by atoms with E-state index in [1.165, 1.54) is 11.1 Å². The summed E-state index contributed by atoms with van der Waals surface area (Å²) in [6.07, 6.45) is 2.94. The second kappa shape index (κ2) is 5.70. The minimum absolute atomic E-state index is 0.0711. The fraction of sp³-hybridized carbons (Fsp3) is 0.333.